The second-order valence-electron chi connectivity index (χ2n) is 5.55. The van der Waals surface area contributed by atoms with Crippen LogP contribution in [0.15, 0.2) is 30.3 Å². The zero-order valence-corrected chi connectivity index (χ0v) is 11.0. The molecule has 0 aromatic heterocycles. The Kier molecular flexibility index (Phi) is 3.85. The van der Waals surface area contributed by atoms with E-state index in [0.29, 0.717) is 6.04 Å². The summed E-state index contributed by atoms with van der Waals surface area (Å²) in [6, 6.07) is 11.4. The molecule has 2 unspecified atom stereocenters. The lowest BCUT2D eigenvalue weighted by atomic mass is 9.90. The summed E-state index contributed by atoms with van der Waals surface area (Å²) in [4.78, 5) is 2.60. The molecule has 0 amide bonds. The van der Waals surface area contributed by atoms with E-state index in [1.54, 1.807) is 0 Å². The van der Waals surface area contributed by atoms with E-state index in [1.165, 1.54) is 24.9 Å². The second-order valence-corrected chi connectivity index (χ2v) is 5.55. The summed E-state index contributed by atoms with van der Waals surface area (Å²) < 4.78 is 0. The maximum atomic E-state index is 6.06. The minimum absolute atomic E-state index is 0.108. The van der Waals surface area contributed by atoms with Gasteiger partial charge in [-0.25, -0.2) is 0 Å². The van der Waals surface area contributed by atoms with Gasteiger partial charge in [-0.05, 0) is 45.2 Å². The van der Waals surface area contributed by atoms with Crippen LogP contribution in [0.1, 0.15) is 32.3 Å². The summed E-state index contributed by atoms with van der Waals surface area (Å²) in [7, 11) is 0. The maximum absolute atomic E-state index is 6.06. The van der Waals surface area contributed by atoms with Crippen LogP contribution in [0, 0.1) is 0 Å². The van der Waals surface area contributed by atoms with Crippen LogP contribution in [0.2, 0.25) is 0 Å². The van der Waals surface area contributed by atoms with Crippen molar-refractivity contribution in [3.8, 4) is 0 Å². The molecule has 0 saturated carbocycles. The lowest BCUT2D eigenvalue weighted by Crippen LogP contribution is -2.54. The molecule has 0 spiro atoms. The van der Waals surface area contributed by atoms with Crippen molar-refractivity contribution >= 4 is 0 Å². The SMILES string of the molecule is CC1CCCN1C(C)(CN)Cc1ccccc1. The van der Waals surface area contributed by atoms with Crippen LogP contribution in [-0.4, -0.2) is 29.6 Å². The van der Waals surface area contributed by atoms with Crippen molar-refractivity contribution in [2.75, 3.05) is 13.1 Å². The Bertz CT molecular complexity index is 349. The van der Waals surface area contributed by atoms with Crippen LogP contribution < -0.4 is 5.73 Å². The first-order valence-electron chi connectivity index (χ1n) is 6.66. The smallest absolute Gasteiger partial charge is 0.0346 e. The molecule has 2 heteroatoms. The van der Waals surface area contributed by atoms with Crippen LogP contribution in [0.25, 0.3) is 0 Å². The summed E-state index contributed by atoms with van der Waals surface area (Å²) in [5, 5.41) is 0. The molecule has 1 aromatic rings. The van der Waals surface area contributed by atoms with Gasteiger partial charge in [0.1, 0.15) is 0 Å². The molecule has 0 radical (unpaired) electrons. The highest BCUT2D eigenvalue weighted by atomic mass is 15.2. The van der Waals surface area contributed by atoms with Crippen LogP contribution in [0.4, 0.5) is 0 Å². The van der Waals surface area contributed by atoms with E-state index in [9.17, 15) is 0 Å². The van der Waals surface area contributed by atoms with Crippen molar-refractivity contribution in [1.82, 2.24) is 4.90 Å². The lowest BCUT2D eigenvalue weighted by Gasteiger charge is -2.41. The summed E-state index contributed by atoms with van der Waals surface area (Å²) in [5.41, 5.74) is 7.55. The third-order valence-corrected chi connectivity index (χ3v) is 4.11. The van der Waals surface area contributed by atoms with Crippen molar-refractivity contribution in [3.05, 3.63) is 35.9 Å². The Morgan fingerprint density at radius 3 is 2.59 bits per heavy atom. The van der Waals surface area contributed by atoms with E-state index in [1.807, 2.05) is 0 Å². The van der Waals surface area contributed by atoms with Crippen molar-refractivity contribution in [3.63, 3.8) is 0 Å². The van der Waals surface area contributed by atoms with E-state index in [0.717, 1.165) is 13.0 Å². The summed E-state index contributed by atoms with van der Waals surface area (Å²) in [5.74, 6) is 0. The van der Waals surface area contributed by atoms with Crippen LogP contribution in [0.5, 0.6) is 0 Å². The second kappa shape index (κ2) is 5.19. The maximum Gasteiger partial charge on any atom is 0.0346 e. The van der Waals surface area contributed by atoms with Crippen molar-refractivity contribution in [1.29, 1.82) is 0 Å². The summed E-state index contributed by atoms with van der Waals surface area (Å²) >= 11 is 0. The Labute approximate surface area is 105 Å². The third kappa shape index (κ3) is 2.70. The van der Waals surface area contributed by atoms with Gasteiger partial charge >= 0.3 is 0 Å². The van der Waals surface area contributed by atoms with Crippen molar-refractivity contribution < 1.29 is 0 Å². The lowest BCUT2D eigenvalue weighted by molar-refractivity contribution is 0.103. The van der Waals surface area contributed by atoms with Gasteiger partial charge in [-0.15, -0.1) is 0 Å². The predicted molar refractivity (Wildman–Crippen MR) is 73.0 cm³/mol. The van der Waals surface area contributed by atoms with Gasteiger partial charge in [0.15, 0.2) is 0 Å². The molecule has 2 nitrogen and oxygen atoms in total. The summed E-state index contributed by atoms with van der Waals surface area (Å²) in [6.07, 6.45) is 3.67. The number of nitrogens with two attached hydrogens (primary N) is 1. The predicted octanol–water partition coefficient (Wildman–Crippen LogP) is 2.43. The van der Waals surface area contributed by atoms with E-state index in [2.05, 4.69) is 49.1 Å². The number of nitrogens with zero attached hydrogens (tertiary/aromatic N) is 1. The van der Waals surface area contributed by atoms with Crippen LogP contribution in [0.3, 0.4) is 0 Å². The zero-order valence-electron chi connectivity index (χ0n) is 11.0. The molecule has 2 N–H and O–H groups in total. The Hall–Kier alpha value is -0.860. The average Bonchev–Trinajstić information content (AvgIpc) is 2.77. The zero-order chi connectivity index (χ0) is 12.3. The fraction of sp³-hybridized carbons (Fsp3) is 0.600. The molecule has 1 aliphatic rings. The minimum Gasteiger partial charge on any atom is -0.329 e. The first-order valence-corrected chi connectivity index (χ1v) is 6.66. The van der Waals surface area contributed by atoms with Crippen molar-refractivity contribution in [2.45, 2.75) is 44.7 Å². The Morgan fingerprint density at radius 1 is 1.35 bits per heavy atom. The Balaban J connectivity index is 2.14. The van der Waals surface area contributed by atoms with Gasteiger partial charge in [-0.1, -0.05) is 30.3 Å². The van der Waals surface area contributed by atoms with E-state index in [-0.39, 0.29) is 5.54 Å². The number of benzene rings is 1. The molecule has 1 fully saturated rings. The molecule has 1 heterocycles. The molecule has 94 valence electrons. The molecular formula is C15H24N2. The fourth-order valence-corrected chi connectivity index (χ4v) is 3.06. The first-order chi connectivity index (χ1) is 8.15. The molecule has 2 rings (SSSR count). The molecule has 1 aliphatic heterocycles. The molecule has 0 aliphatic carbocycles. The highest BCUT2D eigenvalue weighted by molar-refractivity contribution is 5.18. The first kappa shape index (κ1) is 12.6. The number of likely N-dealkylation sites (tertiary alicyclic amines) is 1. The van der Waals surface area contributed by atoms with Gasteiger partial charge in [0.25, 0.3) is 0 Å². The van der Waals surface area contributed by atoms with E-state index in [4.69, 9.17) is 5.73 Å². The van der Waals surface area contributed by atoms with E-state index < -0.39 is 0 Å². The van der Waals surface area contributed by atoms with E-state index >= 15 is 0 Å². The minimum atomic E-state index is 0.108. The molecule has 1 saturated heterocycles. The normalized spacial score (nSPS) is 24.8. The van der Waals surface area contributed by atoms with Gasteiger partial charge in [0.05, 0.1) is 0 Å². The van der Waals surface area contributed by atoms with Gasteiger partial charge in [0.2, 0.25) is 0 Å². The molecule has 17 heavy (non-hydrogen) atoms. The van der Waals surface area contributed by atoms with Crippen LogP contribution >= 0.6 is 0 Å². The topological polar surface area (TPSA) is 29.3 Å². The molecular weight excluding hydrogens is 208 g/mol. The molecule has 2 atom stereocenters. The fourth-order valence-electron chi connectivity index (χ4n) is 3.06. The van der Waals surface area contributed by atoms with Crippen LogP contribution in [-0.2, 0) is 6.42 Å². The third-order valence-electron chi connectivity index (χ3n) is 4.11. The van der Waals surface area contributed by atoms with Gasteiger partial charge < -0.3 is 5.73 Å². The van der Waals surface area contributed by atoms with Gasteiger partial charge in [-0.3, -0.25) is 4.90 Å². The molecule has 0 bridgehead atoms. The standard InChI is InChI=1S/C15H24N2/c1-13-7-6-10-17(13)15(2,12-16)11-14-8-4-3-5-9-14/h3-5,8-9,13H,6-7,10-12,16H2,1-2H3. The highest BCUT2D eigenvalue weighted by Crippen LogP contribution is 2.28. The average molecular weight is 232 g/mol. The number of hydrogen-bond acceptors (Lipinski definition) is 2. The highest BCUT2D eigenvalue weighted by Gasteiger charge is 2.36. The largest absolute Gasteiger partial charge is 0.329 e. The molecule has 1 aromatic carbocycles. The van der Waals surface area contributed by atoms with Crippen molar-refractivity contribution in [2.24, 2.45) is 5.73 Å². The number of hydrogen-bond donors (Lipinski definition) is 1. The van der Waals surface area contributed by atoms with Gasteiger partial charge in [0, 0.05) is 18.1 Å². The summed E-state index contributed by atoms with van der Waals surface area (Å²) in [6.45, 7) is 6.56. The Morgan fingerprint density at radius 2 is 2.06 bits per heavy atom. The quantitative estimate of drug-likeness (QED) is 0.864. The van der Waals surface area contributed by atoms with Gasteiger partial charge in [-0.2, -0.15) is 0 Å². The monoisotopic (exact) mass is 232 g/mol. The number of rotatable bonds is 4.